The third-order valence-electron chi connectivity index (χ3n) is 11.1. The van der Waals surface area contributed by atoms with Gasteiger partial charge in [0.2, 0.25) is 0 Å². The standard InChI is InChI=1S/C50H29N5/c51-30-32-20-26-47-41(28-32)39-13-3-6-16-44(39)54(47)36-25-27-48-42(29-36)40-14-4-5-15-43(40)53(48)35-23-21-33(22-24-35)50-34(31-52)10-9-19-49(50)55-45-17-7-1-11-37(45)38-12-2-8-18-46(38)55/h1-29H. The van der Waals surface area contributed by atoms with Crippen molar-refractivity contribution in [2.24, 2.45) is 0 Å². The number of aromatic nitrogens is 3. The Labute approximate surface area is 316 Å². The molecule has 11 aromatic rings. The Kier molecular flexibility index (Phi) is 6.61. The van der Waals surface area contributed by atoms with E-state index in [1.807, 2.05) is 24.3 Å². The smallest absolute Gasteiger partial charge is 0.0998 e. The lowest BCUT2D eigenvalue weighted by molar-refractivity contribution is 1.16. The number of hydrogen-bond acceptors (Lipinski definition) is 2. The maximum atomic E-state index is 10.4. The van der Waals surface area contributed by atoms with Crippen LogP contribution in [0.5, 0.6) is 0 Å². The zero-order valence-corrected chi connectivity index (χ0v) is 29.5. The van der Waals surface area contributed by atoms with Crippen LogP contribution in [0.15, 0.2) is 176 Å². The van der Waals surface area contributed by atoms with E-state index < -0.39 is 0 Å². The summed E-state index contributed by atoms with van der Waals surface area (Å²) in [7, 11) is 0. The quantitative estimate of drug-likeness (QED) is 0.184. The van der Waals surface area contributed by atoms with Gasteiger partial charge in [-0.3, -0.25) is 0 Å². The van der Waals surface area contributed by atoms with E-state index in [-0.39, 0.29) is 0 Å². The van der Waals surface area contributed by atoms with Gasteiger partial charge in [-0.15, -0.1) is 0 Å². The first kappa shape index (κ1) is 30.7. The minimum atomic E-state index is 0.630. The second kappa shape index (κ2) is 11.8. The highest BCUT2D eigenvalue weighted by atomic mass is 15.0. The predicted molar refractivity (Wildman–Crippen MR) is 224 cm³/mol. The molecule has 0 aliphatic heterocycles. The molecule has 5 nitrogen and oxygen atoms in total. The number of benzene rings is 8. The van der Waals surface area contributed by atoms with E-state index in [0.717, 1.165) is 77.4 Å². The van der Waals surface area contributed by atoms with Gasteiger partial charge in [0.05, 0.1) is 62.1 Å². The highest BCUT2D eigenvalue weighted by Crippen LogP contribution is 2.40. The van der Waals surface area contributed by atoms with Crippen molar-refractivity contribution in [1.82, 2.24) is 13.7 Å². The fourth-order valence-electron chi connectivity index (χ4n) is 8.78. The summed E-state index contributed by atoms with van der Waals surface area (Å²) < 4.78 is 6.92. The maximum Gasteiger partial charge on any atom is 0.0998 e. The highest BCUT2D eigenvalue weighted by molar-refractivity contribution is 6.13. The van der Waals surface area contributed by atoms with E-state index >= 15 is 0 Å². The first-order valence-corrected chi connectivity index (χ1v) is 18.3. The van der Waals surface area contributed by atoms with Gasteiger partial charge in [-0.2, -0.15) is 10.5 Å². The molecule has 11 rings (SSSR count). The Balaban J connectivity index is 1.08. The lowest BCUT2D eigenvalue weighted by atomic mass is 9.97. The minimum Gasteiger partial charge on any atom is -0.309 e. The SMILES string of the molecule is N#Cc1ccc2c(c1)c1ccccc1n2-c1ccc2c(c1)c1ccccc1n2-c1ccc(-c2c(C#N)cccc2-n2c3ccccc3c3ccccc32)cc1. The fraction of sp³-hybridized carbons (Fsp3) is 0. The van der Waals surface area contributed by atoms with Gasteiger partial charge in [0, 0.05) is 49.3 Å². The van der Waals surface area contributed by atoms with Crippen molar-refractivity contribution in [1.29, 1.82) is 10.5 Å². The molecule has 0 bridgehead atoms. The van der Waals surface area contributed by atoms with Crippen molar-refractivity contribution < 1.29 is 0 Å². The Hall–Kier alpha value is -7.86. The van der Waals surface area contributed by atoms with Gasteiger partial charge >= 0.3 is 0 Å². The van der Waals surface area contributed by atoms with E-state index in [9.17, 15) is 10.5 Å². The zero-order chi connectivity index (χ0) is 36.6. The van der Waals surface area contributed by atoms with Crippen LogP contribution in [0.1, 0.15) is 11.1 Å². The van der Waals surface area contributed by atoms with Gasteiger partial charge in [0.1, 0.15) is 0 Å². The van der Waals surface area contributed by atoms with E-state index in [4.69, 9.17) is 0 Å². The summed E-state index contributed by atoms with van der Waals surface area (Å²) in [4.78, 5) is 0. The molecule has 254 valence electrons. The monoisotopic (exact) mass is 699 g/mol. The number of hydrogen-bond donors (Lipinski definition) is 0. The van der Waals surface area contributed by atoms with Gasteiger partial charge < -0.3 is 13.7 Å². The van der Waals surface area contributed by atoms with Crippen molar-refractivity contribution in [3.8, 4) is 40.3 Å². The van der Waals surface area contributed by atoms with Crippen molar-refractivity contribution in [3.63, 3.8) is 0 Å². The van der Waals surface area contributed by atoms with Crippen LogP contribution in [0.4, 0.5) is 0 Å². The van der Waals surface area contributed by atoms with Crippen molar-refractivity contribution in [2.45, 2.75) is 0 Å². The van der Waals surface area contributed by atoms with E-state index in [0.29, 0.717) is 11.1 Å². The molecule has 0 aliphatic rings. The Morgan fingerprint density at radius 3 is 1.40 bits per heavy atom. The summed E-state index contributed by atoms with van der Waals surface area (Å²) >= 11 is 0. The molecule has 0 spiro atoms. The summed E-state index contributed by atoms with van der Waals surface area (Å²) in [6.07, 6.45) is 0. The van der Waals surface area contributed by atoms with Gasteiger partial charge in [-0.05, 0) is 90.5 Å². The molecule has 0 saturated heterocycles. The van der Waals surface area contributed by atoms with Gasteiger partial charge in [-0.1, -0.05) is 91.0 Å². The molecule has 0 atom stereocenters. The zero-order valence-electron chi connectivity index (χ0n) is 29.5. The molecular weight excluding hydrogens is 671 g/mol. The van der Waals surface area contributed by atoms with Crippen LogP contribution in [0.25, 0.3) is 93.6 Å². The normalized spacial score (nSPS) is 11.6. The average molecular weight is 700 g/mol. The first-order valence-electron chi connectivity index (χ1n) is 18.3. The Bertz CT molecular complexity index is 3400. The lowest BCUT2D eigenvalue weighted by Crippen LogP contribution is -2.00. The van der Waals surface area contributed by atoms with E-state index in [1.54, 1.807) is 0 Å². The van der Waals surface area contributed by atoms with Crippen LogP contribution in [0.3, 0.4) is 0 Å². The molecule has 0 radical (unpaired) electrons. The van der Waals surface area contributed by atoms with Crippen LogP contribution in [0.2, 0.25) is 0 Å². The van der Waals surface area contributed by atoms with Crippen molar-refractivity contribution in [3.05, 3.63) is 187 Å². The summed E-state index contributed by atoms with van der Waals surface area (Å²) in [6, 6.07) is 66.0. The molecule has 3 aromatic heterocycles. The second-order valence-corrected chi connectivity index (χ2v) is 14.0. The van der Waals surface area contributed by atoms with Crippen LogP contribution < -0.4 is 0 Å². The topological polar surface area (TPSA) is 62.4 Å². The van der Waals surface area contributed by atoms with Gasteiger partial charge in [0.25, 0.3) is 0 Å². The summed E-state index contributed by atoms with van der Waals surface area (Å²) in [5, 5.41) is 26.9. The van der Waals surface area contributed by atoms with Gasteiger partial charge in [0.15, 0.2) is 0 Å². The van der Waals surface area contributed by atoms with E-state index in [1.165, 1.54) is 16.2 Å². The Morgan fingerprint density at radius 2 is 0.818 bits per heavy atom. The molecular formula is C50H29N5. The first-order chi connectivity index (χ1) is 27.2. The van der Waals surface area contributed by atoms with Gasteiger partial charge in [-0.25, -0.2) is 0 Å². The molecule has 0 aliphatic carbocycles. The summed E-state index contributed by atoms with van der Waals surface area (Å²) in [5.41, 5.74) is 12.8. The number of rotatable bonds is 4. The van der Waals surface area contributed by atoms with E-state index in [2.05, 4.69) is 177 Å². The predicted octanol–water partition coefficient (Wildman–Crippen LogP) is 12.4. The highest BCUT2D eigenvalue weighted by Gasteiger charge is 2.20. The third kappa shape index (κ3) is 4.45. The fourth-order valence-corrected chi connectivity index (χ4v) is 8.78. The molecule has 3 heterocycles. The number of fused-ring (bicyclic) bond motifs is 9. The summed E-state index contributed by atoms with van der Waals surface area (Å²) in [5.74, 6) is 0. The van der Waals surface area contributed by atoms with Crippen LogP contribution in [-0.4, -0.2) is 13.7 Å². The summed E-state index contributed by atoms with van der Waals surface area (Å²) in [6.45, 7) is 0. The van der Waals surface area contributed by atoms with Crippen LogP contribution in [-0.2, 0) is 0 Å². The molecule has 5 heteroatoms. The van der Waals surface area contributed by atoms with Crippen molar-refractivity contribution >= 4 is 65.4 Å². The Morgan fingerprint density at radius 1 is 0.345 bits per heavy atom. The molecule has 55 heavy (non-hydrogen) atoms. The third-order valence-corrected chi connectivity index (χ3v) is 11.1. The lowest BCUT2D eigenvalue weighted by Gasteiger charge is -2.16. The number of para-hydroxylation sites is 4. The maximum absolute atomic E-state index is 10.4. The molecule has 0 saturated carbocycles. The number of nitrogens with zero attached hydrogens (tertiary/aromatic N) is 5. The number of nitriles is 2. The second-order valence-electron chi connectivity index (χ2n) is 14.0. The van der Waals surface area contributed by atoms with Crippen LogP contribution in [0, 0.1) is 22.7 Å². The molecule has 0 N–H and O–H groups in total. The largest absolute Gasteiger partial charge is 0.309 e. The van der Waals surface area contributed by atoms with Crippen LogP contribution >= 0.6 is 0 Å². The van der Waals surface area contributed by atoms with Crippen molar-refractivity contribution in [2.75, 3.05) is 0 Å². The molecule has 0 amide bonds. The molecule has 8 aromatic carbocycles. The molecule has 0 unspecified atom stereocenters. The average Bonchev–Trinajstić information content (AvgIpc) is 3.88. The molecule has 0 fully saturated rings. The minimum absolute atomic E-state index is 0.630.